The van der Waals surface area contributed by atoms with Crippen molar-refractivity contribution in [2.75, 3.05) is 0 Å². The van der Waals surface area contributed by atoms with Gasteiger partial charge in [0.2, 0.25) is 5.78 Å². The van der Waals surface area contributed by atoms with Crippen molar-refractivity contribution in [2.45, 2.75) is 41.0 Å². The van der Waals surface area contributed by atoms with Crippen LogP contribution in [-0.4, -0.2) is 11.8 Å². The van der Waals surface area contributed by atoms with Crippen LogP contribution in [-0.2, 0) is 14.3 Å². The average Bonchev–Trinajstić information content (AvgIpc) is 2.31. The lowest BCUT2D eigenvalue weighted by atomic mass is 9.48. The smallest absolute Gasteiger partial charge is 0.338 e. The second-order valence-electron chi connectivity index (χ2n) is 5.90. The van der Waals surface area contributed by atoms with E-state index in [2.05, 4.69) is 13.8 Å². The van der Waals surface area contributed by atoms with Crippen molar-refractivity contribution < 1.29 is 14.3 Å². The summed E-state index contributed by atoms with van der Waals surface area (Å²) in [5.41, 5.74) is 1.48. The Morgan fingerprint density at radius 3 is 2.44 bits per heavy atom. The number of ketones is 1. The molecular formula is C15H20O3. The third kappa shape index (κ3) is 1.64. The molecule has 1 saturated carbocycles. The Kier molecular flexibility index (Phi) is 2.96. The van der Waals surface area contributed by atoms with Gasteiger partial charge in [0.1, 0.15) is 0 Å². The number of allylic oxidation sites excluding steroid dienone is 3. The van der Waals surface area contributed by atoms with Crippen LogP contribution in [0.4, 0.5) is 0 Å². The fourth-order valence-electron chi connectivity index (χ4n) is 3.04. The van der Waals surface area contributed by atoms with Gasteiger partial charge in [0.25, 0.3) is 0 Å². The maximum absolute atomic E-state index is 12.3. The van der Waals surface area contributed by atoms with Gasteiger partial charge in [-0.2, -0.15) is 0 Å². The van der Waals surface area contributed by atoms with Gasteiger partial charge >= 0.3 is 5.97 Å². The normalized spacial score (nSPS) is 30.1. The monoisotopic (exact) mass is 248 g/mol. The Hall–Kier alpha value is -1.38. The first-order valence-electron chi connectivity index (χ1n) is 6.40. The van der Waals surface area contributed by atoms with Gasteiger partial charge in [-0.3, -0.25) is 4.79 Å². The summed E-state index contributed by atoms with van der Waals surface area (Å²) in [6.07, 6.45) is 2.59. The summed E-state index contributed by atoms with van der Waals surface area (Å²) in [7, 11) is 0. The summed E-state index contributed by atoms with van der Waals surface area (Å²) < 4.78 is 5.29. The van der Waals surface area contributed by atoms with Crippen molar-refractivity contribution in [3.8, 4) is 0 Å². The van der Waals surface area contributed by atoms with Crippen LogP contribution in [0.2, 0.25) is 0 Å². The highest BCUT2D eigenvalue weighted by molar-refractivity contribution is 6.02. The molecule has 0 aromatic rings. The molecule has 0 unspecified atom stereocenters. The van der Waals surface area contributed by atoms with Crippen LogP contribution in [0.15, 0.2) is 23.0 Å². The standard InChI is InChI=1S/C15H20O3/c1-6-8(2)14(17)18-13-9(3)10-7-11(12(13)16)15(10,4)5/h6,10-11H,7H2,1-5H3/b8-6+/t10-,11-/m0/s1. The molecular weight excluding hydrogens is 228 g/mol. The van der Waals surface area contributed by atoms with Crippen LogP contribution in [0.5, 0.6) is 0 Å². The predicted octanol–water partition coefficient (Wildman–Crippen LogP) is 3.01. The highest BCUT2D eigenvalue weighted by atomic mass is 16.5. The van der Waals surface area contributed by atoms with E-state index in [1.807, 2.05) is 6.92 Å². The Labute approximate surface area is 108 Å². The van der Waals surface area contributed by atoms with Gasteiger partial charge < -0.3 is 4.74 Å². The molecule has 3 rings (SSSR count). The molecule has 98 valence electrons. The zero-order valence-electron chi connectivity index (χ0n) is 11.7. The van der Waals surface area contributed by atoms with E-state index in [1.54, 1.807) is 19.9 Å². The fourth-order valence-corrected chi connectivity index (χ4v) is 3.04. The van der Waals surface area contributed by atoms with Gasteiger partial charge in [0, 0.05) is 11.5 Å². The van der Waals surface area contributed by atoms with Gasteiger partial charge in [-0.05, 0) is 44.1 Å². The third-order valence-electron chi connectivity index (χ3n) is 4.64. The molecule has 0 saturated heterocycles. The van der Waals surface area contributed by atoms with Crippen molar-refractivity contribution >= 4 is 11.8 Å². The molecule has 3 aliphatic rings. The number of carbonyl (C=O) groups is 2. The SMILES string of the molecule is C/C=C(\C)C(=O)OC1=C(C)[C@@H]2C[C@@H](C1=O)C2(C)C. The molecule has 18 heavy (non-hydrogen) atoms. The zero-order valence-corrected chi connectivity index (χ0v) is 11.7. The summed E-state index contributed by atoms with van der Waals surface area (Å²) in [4.78, 5) is 24.0. The first-order valence-corrected chi connectivity index (χ1v) is 6.40. The Balaban J connectivity index is 2.27. The second kappa shape index (κ2) is 4.08. The van der Waals surface area contributed by atoms with E-state index in [0.29, 0.717) is 17.3 Å². The van der Waals surface area contributed by atoms with Gasteiger partial charge in [-0.1, -0.05) is 19.9 Å². The van der Waals surface area contributed by atoms with Crippen molar-refractivity contribution in [1.29, 1.82) is 0 Å². The van der Waals surface area contributed by atoms with E-state index >= 15 is 0 Å². The summed E-state index contributed by atoms with van der Waals surface area (Å²) in [5, 5.41) is 0. The molecule has 0 radical (unpaired) electrons. The minimum Gasteiger partial charge on any atom is -0.419 e. The number of carbonyl (C=O) groups excluding carboxylic acids is 2. The van der Waals surface area contributed by atoms with E-state index in [-0.39, 0.29) is 17.1 Å². The number of rotatable bonds is 2. The Morgan fingerprint density at radius 1 is 1.39 bits per heavy atom. The summed E-state index contributed by atoms with van der Waals surface area (Å²) in [6, 6.07) is 0. The molecule has 0 aromatic carbocycles. The topological polar surface area (TPSA) is 43.4 Å². The van der Waals surface area contributed by atoms with Crippen LogP contribution in [0.1, 0.15) is 41.0 Å². The number of Topliss-reactive ketones (excluding diaryl/α,β-unsaturated/α-hetero) is 1. The van der Waals surface area contributed by atoms with Gasteiger partial charge in [0.05, 0.1) is 0 Å². The van der Waals surface area contributed by atoms with Crippen LogP contribution >= 0.6 is 0 Å². The quantitative estimate of drug-likeness (QED) is 0.557. The highest BCUT2D eigenvalue weighted by Gasteiger charge is 2.57. The average molecular weight is 248 g/mol. The molecule has 0 aromatic heterocycles. The maximum atomic E-state index is 12.3. The van der Waals surface area contributed by atoms with Crippen molar-refractivity contribution in [2.24, 2.45) is 17.3 Å². The molecule has 3 heteroatoms. The predicted molar refractivity (Wildman–Crippen MR) is 68.6 cm³/mol. The minimum absolute atomic E-state index is 0.00254. The zero-order chi connectivity index (χ0) is 13.7. The molecule has 0 amide bonds. The van der Waals surface area contributed by atoms with Crippen LogP contribution in [0, 0.1) is 17.3 Å². The molecule has 3 nitrogen and oxygen atoms in total. The second-order valence-corrected chi connectivity index (χ2v) is 5.90. The van der Waals surface area contributed by atoms with Crippen molar-refractivity contribution in [3.63, 3.8) is 0 Å². The van der Waals surface area contributed by atoms with Gasteiger partial charge in [-0.25, -0.2) is 4.79 Å². The van der Waals surface area contributed by atoms with Gasteiger partial charge in [0.15, 0.2) is 5.76 Å². The molecule has 0 aliphatic heterocycles. The largest absolute Gasteiger partial charge is 0.419 e. The lowest BCUT2D eigenvalue weighted by molar-refractivity contribution is -0.148. The molecule has 1 fully saturated rings. The van der Waals surface area contributed by atoms with E-state index in [0.717, 1.165) is 12.0 Å². The lowest BCUT2D eigenvalue weighted by Crippen LogP contribution is -2.54. The third-order valence-corrected chi connectivity index (χ3v) is 4.64. The molecule has 2 atom stereocenters. The van der Waals surface area contributed by atoms with E-state index in [9.17, 15) is 9.59 Å². The molecule has 0 heterocycles. The van der Waals surface area contributed by atoms with Gasteiger partial charge in [-0.15, -0.1) is 0 Å². The van der Waals surface area contributed by atoms with Crippen LogP contribution < -0.4 is 0 Å². The lowest BCUT2D eigenvalue weighted by Gasteiger charge is -2.55. The molecule has 0 N–H and O–H groups in total. The highest BCUT2D eigenvalue weighted by Crippen LogP contribution is 2.59. The molecule has 2 bridgehead atoms. The fraction of sp³-hybridized carbons (Fsp3) is 0.600. The van der Waals surface area contributed by atoms with Crippen molar-refractivity contribution in [3.05, 3.63) is 23.0 Å². The number of hydrogen-bond donors (Lipinski definition) is 0. The number of hydrogen-bond acceptors (Lipinski definition) is 3. The number of fused-ring (bicyclic) bond motifs is 1. The summed E-state index contributed by atoms with van der Waals surface area (Å²) in [5.74, 6) is 0.257. The summed E-state index contributed by atoms with van der Waals surface area (Å²) in [6.45, 7) is 9.61. The van der Waals surface area contributed by atoms with Crippen LogP contribution in [0.25, 0.3) is 0 Å². The van der Waals surface area contributed by atoms with Crippen LogP contribution in [0.3, 0.4) is 0 Å². The van der Waals surface area contributed by atoms with E-state index in [4.69, 9.17) is 4.74 Å². The Morgan fingerprint density at radius 2 is 2.00 bits per heavy atom. The maximum Gasteiger partial charge on any atom is 0.338 e. The minimum atomic E-state index is -0.417. The summed E-state index contributed by atoms with van der Waals surface area (Å²) >= 11 is 0. The van der Waals surface area contributed by atoms with Crippen molar-refractivity contribution in [1.82, 2.24) is 0 Å². The molecule has 0 spiro atoms. The first-order chi connectivity index (χ1) is 8.30. The number of ether oxygens (including phenoxy) is 1. The first kappa shape index (κ1) is 13.1. The Bertz CT molecular complexity index is 480. The van der Waals surface area contributed by atoms with E-state index < -0.39 is 5.97 Å². The number of esters is 1. The molecule has 3 aliphatic carbocycles. The van der Waals surface area contributed by atoms with E-state index in [1.165, 1.54) is 0 Å².